The number of nitrogens with two attached hydrogens (primary N) is 1. The first-order valence-corrected chi connectivity index (χ1v) is 17.8. The van der Waals surface area contributed by atoms with Crippen molar-refractivity contribution in [1.82, 2.24) is 19.9 Å². The van der Waals surface area contributed by atoms with Gasteiger partial charge in [0.25, 0.3) is 11.8 Å². The van der Waals surface area contributed by atoms with Gasteiger partial charge in [-0.05, 0) is 19.0 Å². The van der Waals surface area contributed by atoms with Crippen LogP contribution in [0.4, 0.5) is 32.2 Å². The van der Waals surface area contributed by atoms with Crippen LogP contribution in [0.3, 0.4) is 0 Å². The lowest BCUT2D eigenvalue weighted by Gasteiger charge is -2.37. The number of aliphatic hydroxyl groups is 1. The highest BCUT2D eigenvalue weighted by Gasteiger charge is 2.36. The molecular weight excluding hydrogens is 550 g/mol. The molecule has 0 bridgehead atoms. The van der Waals surface area contributed by atoms with E-state index in [0.29, 0.717) is 18.8 Å². The van der Waals surface area contributed by atoms with Crippen LogP contribution in [-0.4, -0.2) is 91.9 Å². The summed E-state index contributed by atoms with van der Waals surface area (Å²) in [5, 5.41) is 9.51. The van der Waals surface area contributed by atoms with Crippen molar-refractivity contribution in [2.75, 3.05) is 52.6 Å². The zero-order chi connectivity index (χ0) is 28.6. The quantitative estimate of drug-likeness (QED) is 0.439. The second-order valence-corrected chi connectivity index (χ2v) is 18.0. The molecule has 0 radical (unpaired) electrons. The van der Waals surface area contributed by atoms with Gasteiger partial charge >= 0.3 is 0 Å². The summed E-state index contributed by atoms with van der Waals surface area (Å²) in [5.74, 6) is -4.15. The monoisotopic (exact) mass is 584 g/mol. The minimum Gasteiger partial charge on any atom is -0.395 e. The van der Waals surface area contributed by atoms with Gasteiger partial charge in [0, 0.05) is 50.8 Å². The normalized spacial score (nSPS) is 19.1. The first kappa shape index (κ1) is 29.0. The van der Waals surface area contributed by atoms with Gasteiger partial charge in [-0.15, -0.1) is 0 Å². The molecule has 1 amide bonds. The Morgan fingerprint density at radius 1 is 1.10 bits per heavy atom. The molecule has 0 aliphatic carbocycles. The molecule has 0 unspecified atom stereocenters. The molecule has 0 saturated carbocycles. The maximum atomic E-state index is 13.7. The number of aromatic nitrogens is 4. The molecule has 39 heavy (non-hydrogen) atoms. The van der Waals surface area contributed by atoms with Gasteiger partial charge in [0.15, 0.2) is 23.1 Å². The van der Waals surface area contributed by atoms with Crippen LogP contribution in [0.25, 0.3) is 0 Å². The standard InChI is InChI=1S/C23H34F2N8O4SSi/c1-16-14-17(30-22(28-16)32-6-4-23(24,25)5-7-32)33(38(36,37)11-10-34)18-15-27-19(20(26)35)21(29-18)31-8-12-39(2,3)13-9-31/h14-15,34H,4-13H2,1-3H3,(H2,26,35). The van der Waals surface area contributed by atoms with Crippen LogP contribution in [0.1, 0.15) is 29.0 Å². The molecule has 2 saturated heterocycles. The zero-order valence-corrected chi connectivity index (χ0v) is 24.1. The number of amides is 1. The van der Waals surface area contributed by atoms with Crippen molar-refractivity contribution in [3.05, 3.63) is 23.7 Å². The van der Waals surface area contributed by atoms with Gasteiger partial charge in [-0.1, -0.05) is 13.1 Å². The predicted molar refractivity (Wildman–Crippen MR) is 146 cm³/mol. The molecule has 2 aliphatic rings. The fourth-order valence-electron chi connectivity index (χ4n) is 4.61. The van der Waals surface area contributed by atoms with Gasteiger partial charge in [0.1, 0.15) is 0 Å². The molecule has 2 aromatic rings. The van der Waals surface area contributed by atoms with E-state index in [4.69, 9.17) is 5.73 Å². The smallest absolute Gasteiger partial charge is 0.271 e. The van der Waals surface area contributed by atoms with Crippen LogP contribution in [0, 0.1) is 6.92 Å². The molecule has 3 N–H and O–H groups in total. The summed E-state index contributed by atoms with van der Waals surface area (Å²) < 4.78 is 55.2. The molecule has 4 rings (SSSR count). The van der Waals surface area contributed by atoms with Crippen molar-refractivity contribution in [2.45, 2.75) is 50.9 Å². The van der Waals surface area contributed by atoms with E-state index in [1.54, 1.807) is 11.8 Å². The van der Waals surface area contributed by atoms with Crippen molar-refractivity contribution in [1.29, 1.82) is 0 Å². The number of anilines is 4. The Morgan fingerprint density at radius 2 is 1.74 bits per heavy atom. The van der Waals surface area contributed by atoms with Crippen LogP contribution in [0.5, 0.6) is 0 Å². The molecular formula is C23H34F2N8O4SSi. The van der Waals surface area contributed by atoms with Crippen molar-refractivity contribution in [3.63, 3.8) is 0 Å². The number of hydrogen-bond donors (Lipinski definition) is 2. The van der Waals surface area contributed by atoms with E-state index >= 15 is 0 Å². The molecule has 12 nitrogen and oxygen atoms in total. The zero-order valence-electron chi connectivity index (χ0n) is 22.3. The molecule has 0 atom stereocenters. The summed E-state index contributed by atoms with van der Waals surface area (Å²) in [4.78, 5) is 33.2. The summed E-state index contributed by atoms with van der Waals surface area (Å²) in [6, 6.07) is 3.33. The third-order valence-corrected chi connectivity index (χ3v) is 11.8. The molecule has 214 valence electrons. The van der Waals surface area contributed by atoms with Gasteiger partial charge in [-0.2, -0.15) is 4.98 Å². The van der Waals surface area contributed by atoms with Gasteiger partial charge in [-0.25, -0.2) is 36.5 Å². The van der Waals surface area contributed by atoms with Crippen LogP contribution in [0.2, 0.25) is 25.2 Å². The second-order valence-electron chi connectivity index (χ2n) is 10.7. The number of nitrogens with zero attached hydrogens (tertiary/aromatic N) is 7. The maximum absolute atomic E-state index is 13.7. The lowest BCUT2D eigenvalue weighted by atomic mass is 10.1. The first-order chi connectivity index (χ1) is 18.2. The average Bonchev–Trinajstić information content (AvgIpc) is 2.83. The number of hydrogen-bond acceptors (Lipinski definition) is 10. The van der Waals surface area contributed by atoms with E-state index in [-0.39, 0.29) is 55.0 Å². The minimum atomic E-state index is -4.24. The molecule has 16 heteroatoms. The Labute approximate surface area is 227 Å². The SMILES string of the molecule is Cc1cc(N(c2cnc(C(N)=O)c(N3CC[Si](C)(C)CC3)n2)S(=O)(=O)CCO)nc(N2CCC(F)(F)CC2)n1. The Kier molecular flexibility index (Phi) is 8.10. The van der Waals surface area contributed by atoms with Crippen LogP contribution in [0.15, 0.2) is 12.3 Å². The number of aryl methyl sites for hydroxylation is 1. The summed E-state index contributed by atoms with van der Waals surface area (Å²) in [6.07, 6.45) is 0.385. The Hall–Kier alpha value is -2.98. The van der Waals surface area contributed by atoms with Crippen molar-refractivity contribution >= 4 is 47.4 Å². The molecule has 2 aliphatic heterocycles. The molecule has 4 heterocycles. The molecule has 0 spiro atoms. The third-order valence-electron chi connectivity index (χ3n) is 7.04. The maximum Gasteiger partial charge on any atom is 0.271 e. The van der Waals surface area contributed by atoms with Gasteiger partial charge in [-0.3, -0.25) is 4.79 Å². The number of carbonyl (C=O) groups excluding carboxylic acids is 1. The number of sulfonamides is 1. The topological polar surface area (TPSA) is 159 Å². The number of primary amides is 1. The Bertz CT molecular complexity index is 1330. The van der Waals surface area contributed by atoms with Gasteiger partial charge in [0.2, 0.25) is 16.0 Å². The molecule has 0 aromatic carbocycles. The van der Waals surface area contributed by atoms with Crippen molar-refractivity contribution < 1.29 is 27.1 Å². The highest BCUT2D eigenvalue weighted by molar-refractivity contribution is 7.93. The van der Waals surface area contributed by atoms with Crippen LogP contribution < -0.4 is 19.8 Å². The largest absolute Gasteiger partial charge is 0.395 e. The van der Waals surface area contributed by atoms with Crippen LogP contribution in [-0.2, 0) is 10.0 Å². The van der Waals surface area contributed by atoms with E-state index in [1.165, 1.54) is 6.07 Å². The molecule has 2 aromatic heterocycles. The van der Waals surface area contributed by atoms with Crippen molar-refractivity contribution in [3.8, 4) is 0 Å². The lowest BCUT2D eigenvalue weighted by Crippen LogP contribution is -2.44. The minimum absolute atomic E-state index is 0.00513. The Morgan fingerprint density at radius 3 is 2.33 bits per heavy atom. The number of rotatable bonds is 8. The van der Waals surface area contributed by atoms with Crippen molar-refractivity contribution in [2.24, 2.45) is 5.73 Å². The Balaban J connectivity index is 1.80. The number of piperidine rings is 1. The van der Waals surface area contributed by atoms with E-state index in [2.05, 4.69) is 33.0 Å². The van der Waals surface area contributed by atoms with E-state index in [9.17, 15) is 27.1 Å². The van der Waals surface area contributed by atoms with Gasteiger partial charge in [0.05, 0.1) is 26.6 Å². The summed E-state index contributed by atoms with van der Waals surface area (Å²) in [5.41, 5.74) is 5.91. The van der Waals surface area contributed by atoms with E-state index in [1.807, 2.05) is 4.90 Å². The molecule has 2 fully saturated rings. The number of alkyl halides is 2. The highest BCUT2D eigenvalue weighted by atomic mass is 32.2. The predicted octanol–water partition coefficient (Wildman–Crippen LogP) is 1.90. The summed E-state index contributed by atoms with van der Waals surface area (Å²) >= 11 is 0. The number of carbonyl (C=O) groups is 1. The van der Waals surface area contributed by atoms with Crippen LogP contribution >= 0.6 is 0 Å². The second kappa shape index (κ2) is 10.9. The van der Waals surface area contributed by atoms with Gasteiger partial charge < -0.3 is 20.6 Å². The van der Waals surface area contributed by atoms with E-state index < -0.39 is 42.3 Å². The summed E-state index contributed by atoms with van der Waals surface area (Å²) in [7, 11) is -5.62. The fourth-order valence-corrected chi connectivity index (χ4v) is 7.78. The summed E-state index contributed by atoms with van der Waals surface area (Å²) in [6.45, 7) is 6.79. The first-order valence-electron chi connectivity index (χ1n) is 12.8. The number of aliphatic hydroxyl groups excluding tert-OH is 1. The highest BCUT2D eigenvalue weighted by Crippen LogP contribution is 2.34. The number of halogens is 2. The fraction of sp³-hybridized carbons (Fsp3) is 0.609. The van der Waals surface area contributed by atoms with E-state index in [0.717, 1.165) is 22.6 Å². The average molecular weight is 585 g/mol. The lowest BCUT2D eigenvalue weighted by molar-refractivity contribution is -0.0222. The third kappa shape index (κ3) is 6.61.